The van der Waals surface area contributed by atoms with Crippen LogP contribution in [0.3, 0.4) is 0 Å². The smallest absolute Gasteiger partial charge is 0.493 e. The second-order valence-electron chi connectivity index (χ2n) is 5.63. The van der Waals surface area contributed by atoms with Gasteiger partial charge in [-0.15, -0.1) is 0 Å². The number of H-pyrrole nitrogens is 1. The molecule has 1 aromatic carbocycles. The molecule has 25 heavy (non-hydrogen) atoms. The normalized spacial score (nSPS) is 11.9. The molecule has 7 heteroatoms. The predicted molar refractivity (Wildman–Crippen MR) is 95.6 cm³/mol. The van der Waals surface area contributed by atoms with Gasteiger partial charge in [-0.25, -0.2) is 4.98 Å². The third kappa shape index (κ3) is 4.91. The van der Waals surface area contributed by atoms with Crippen LogP contribution in [-0.2, 0) is 16.6 Å². The molecule has 5 nitrogen and oxygen atoms in total. The van der Waals surface area contributed by atoms with Crippen molar-refractivity contribution in [2.45, 2.75) is 37.6 Å². The number of aromatic amines is 1. The summed E-state index contributed by atoms with van der Waals surface area (Å²) in [7, 11) is -1.28. The molecule has 0 aliphatic carbocycles. The van der Waals surface area contributed by atoms with Crippen molar-refractivity contribution in [3.63, 3.8) is 0 Å². The monoisotopic (exact) mass is 366 g/mol. The average Bonchev–Trinajstić information content (AvgIpc) is 3.02. The van der Waals surface area contributed by atoms with Crippen LogP contribution < -0.4 is 34.3 Å². The Kier molecular flexibility index (Phi) is 7.62. The molecule has 0 amide bonds. The second-order valence-corrected chi connectivity index (χ2v) is 7.00. The van der Waals surface area contributed by atoms with Gasteiger partial charge in [0.05, 0.1) is 39.9 Å². The molecule has 3 aromatic rings. The Morgan fingerprint density at radius 3 is 2.80 bits per heavy atom. The first-order valence-electron chi connectivity index (χ1n) is 8.09. The van der Waals surface area contributed by atoms with Gasteiger partial charge in [-0.2, -0.15) is 0 Å². The van der Waals surface area contributed by atoms with Gasteiger partial charge in [0.25, 0.3) is 0 Å². The van der Waals surface area contributed by atoms with E-state index in [1.165, 1.54) is 0 Å². The summed E-state index contributed by atoms with van der Waals surface area (Å²) in [5.74, 6) is 1.13. The minimum atomic E-state index is -1.28. The molecule has 3 rings (SSSR count). The zero-order chi connectivity index (χ0) is 16.9. The van der Waals surface area contributed by atoms with E-state index in [1.807, 2.05) is 37.3 Å². The molecule has 1 unspecified atom stereocenters. The summed E-state index contributed by atoms with van der Waals surface area (Å²) >= 11 is 0. The number of fused-ring (bicyclic) bond motifs is 1. The number of ether oxygens (including phenoxy) is 1. The van der Waals surface area contributed by atoms with Crippen LogP contribution in [0.1, 0.15) is 31.0 Å². The number of hydrogen-bond acceptors (Lipinski definition) is 4. The quantitative estimate of drug-likeness (QED) is 0.495. The predicted octanol–water partition coefficient (Wildman–Crippen LogP) is 0.757. The van der Waals surface area contributed by atoms with Crippen molar-refractivity contribution in [1.29, 1.82) is 0 Å². The fourth-order valence-electron chi connectivity index (χ4n) is 2.42. The number of pyridine rings is 1. The zero-order valence-electron chi connectivity index (χ0n) is 14.9. The molecule has 2 heterocycles. The van der Waals surface area contributed by atoms with E-state index in [4.69, 9.17) is 4.74 Å². The number of nitrogens with one attached hydrogen (secondary N) is 1. The molecule has 0 radical (unpaired) electrons. The van der Waals surface area contributed by atoms with E-state index in [-0.39, 0.29) is 29.6 Å². The summed E-state index contributed by atoms with van der Waals surface area (Å²) in [6.07, 6.45) is 3.81. The summed E-state index contributed by atoms with van der Waals surface area (Å²) in [5.41, 5.74) is 3.44. The number of rotatable bonds is 7. The SMILES string of the molecule is CCCCOc1ccnc(CS(=O)c2nc3ccccc3[nH]2)c1C.[Na+]. The summed E-state index contributed by atoms with van der Waals surface area (Å²) in [4.78, 5) is 11.9. The number of para-hydroxylation sites is 2. The molecule has 1 atom stereocenters. The Morgan fingerprint density at radius 1 is 1.24 bits per heavy atom. The molecule has 0 fully saturated rings. The van der Waals surface area contributed by atoms with Gasteiger partial charge >= 0.3 is 29.6 Å². The van der Waals surface area contributed by atoms with Crippen molar-refractivity contribution in [2.75, 3.05) is 6.61 Å². The van der Waals surface area contributed by atoms with E-state index in [1.54, 1.807) is 6.20 Å². The van der Waals surface area contributed by atoms with Gasteiger partial charge < -0.3 is 9.72 Å². The molecular formula is C18H21N3NaO2S+. The van der Waals surface area contributed by atoms with E-state index >= 15 is 0 Å². The van der Waals surface area contributed by atoms with Gasteiger partial charge in [-0.05, 0) is 31.5 Å². The molecule has 0 aliphatic heterocycles. The minimum Gasteiger partial charge on any atom is -0.493 e. The molecular weight excluding hydrogens is 345 g/mol. The van der Waals surface area contributed by atoms with E-state index in [9.17, 15) is 4.21 Å². The van der Waals surface area contributed by atoms with Crippen LogP contribution in [0.15, 0.2) is 41.7 Å². The average molecular weight is 366 g/mol. The molecule has 0 saturated carbocycles. The van der Waals surface area contributed by atoms with Crippen molar-refractivity contribution in [3.8, 4) is 5.75 Å². The van der Waals surface area contributed by atoms with Gasteiger partial charge in [-0.3, -0.25) is 9.19 Å². The summed E-state index contributed by atoms with van der Waals surface area (Å²) < 4.78 is 18.4. The van der Waals surface area contributed by atoms with Crippen LogP contribution in [0.25, 0.3) is 11.0 Å². The number of hydrogen-bond donors (Lipinski definition) is 1. The largest absolute Gasteiger partial charge is 1.00 e. The van der Waals surface area contributed by atoms with Crippen molar-refractivity contribution in [3.05, 3.63) is 47.8 Å². The Bertz CT molecular complexity index is 833. The van der Waals surface area contributed by atoms with Crippen LogP contribution in [0.4, 0.5) is 0 Å². The van der Waals surface area contributed by atoms with Crippen LogP contribution in [0.5, 0.6) is 5.75 Å². The van der Waals surface area contributed by atoms with Gasteiger partial charge in [0.2, 0.25) is 0 Å². The van der Waals surface area contributed by atoms with E-state index in [2.05, 4.69) is 21.9 Å². The number of imidazole rings is 1. The first-order valence-corrected chi connectivity index (χ1v) is 9.41. The van der Waals surface area contributed by atoms with Crippen molar-refractivity contribution in [1.82, 2.24) is 15.0 Å². The van der Waals surface area contributed by atoms with Crippen molar-refractivity contribution < 1.29 is 38.5 Å². The Balaban J connectivity index is 0.00000225. The van der Waals surface area contributed by atoms with E-state index in [0.717, 1.165) is 40.9 Å². The maximum Gasteiger partial charge on any atom is 1.00 e. The maximum absolute atomic E-state index is 12.6. The van der Waals surface area contributed by atoms with Gasteiger partial charge in [0.1, 0.15) is 5.75 Å². The van der Waals surface area contributed by atoms with Gasteiger partial charge in [0.15, 0.2) is 5.16 Å². The number of aromatic nitrogens is 3. The third-order valence-corrected chi connectivity index (χ3v) is 5.03. The fraction of sp³-hybridized carbons (Fsp3) is 0.333. The molecule has 1 N–H and O–H groups in total. The first-order chi connectivity index (χ1) is 11.7. The van der Waals surface area contributed by atoms with Crippen LogP contribution in [-0.4, -0.2) is 25.8 Å². The summed E-state index contributed by atoms with van der Waals surface area (Å²) in [6.45, 7) is 4.78. The van der Waals surface area contributed by atoms with Gasteiger partial charge in [-0.1, -0.05) is 25.5 Å². The zero-order valence-corrected chi connectivity index (χ0v) is 17.7. The summed E-state index contributed by atoms with van der Waals surface area (Å²) in [6, 6.07) is 9.53. The van der Waals surface area contributed by atoms with Crippen molar-refractivity contribution >= 4 is 21.8 Å². The standard InChI is InChI=1S/C18H21N3O2S.Na/c1-3-4-11-23-17-9-10-19-16(13(17)2)12-24(22)18-20-14-7-5-6-8-15(14)21-18;/h5-10H,3-4,11-12H2,1-2H3,(H,20,21);/q;+1. The molecule has 0 bridgehead atoms. The summed E-state index contributed by atoms with van der Waals surface area (Å²) in [5, 5.41) is 0.481. The third-order valence-electron chi connectivity index (χ3n) is 3.87. The molecule has 2 aromatic heterocycles. The maximum atomic E-state index is 12.6. The van der Waals surface area contributed by atoms with E-state index < -0.39 is 10.8 Å². The molecule has 0 spiro atoms. The number of nitrogens with zero attached hydrogens (tertiary/aromatic N) is 2. The topological polar surface area (TPSA) is 67.9 Å². The van der Waals surface area contributed by atoms with Crippen LogP contribution in [0.2, 0.25) is 0 Å². The van der Waals surface area contributed by atoms with E-state index in [0.29, 0.717) is 17.5 Å². The first kappa shape index (κ1) is 20.1. The molecule has 126 valence electrons. The number of benzene rings is 1. The van der Waals surface area contributed by atoms with Crippen LogP contribution in [0, 0.1) is 6.92 Å². The molecule has 0 saturated heterocycles. The minimum absolute atomic E-state index is 0. The Morgan fingerprint density at radius 2 is 2.04 bits per heavy atom. The second kappa shape index (κ2) is 9.48. The number of unbranched alkanes of at least 4 members (excludes halogenated alkanes) is 1. The van der Waals surface area contributed by atoms with Crippen molar-refractivity contribution in [2.24, 2.45) is 0 Å². The Hall–Kier alpha value is -1.21. The molecule has 0 aliphatic rings. The van der Waals surface area contributed by atoms with Gasteiger partial charge in [0, 0.05) is 11.8 Å². The van der Waals surface area contributed by atoms with Crippen LogP contribution >= 0.6 is 0 Å². The fourth-order valence-corrected chi connectivity index (χ4v) is 3.52. The Labute approximate surface area is 172 Å².